The van der Waals surface area contributed by atoms with E-state index in [4.69, 9.17) is 4.74 Å². The molecule has 0 unspecified atom stereocenters. The first-order valence-electron chi connectivity index (χ1n) is 10.0. The number of ether oxygens (including phenoxy) is 1. The van der Waals surface area contributed by atoms with Crippen LogP contribution in [0.3, 0.4) is 0 Å². The molecule has 0 aromatic heterocycles. The highest BCUT2D eigenvalue weighted by Gasteiger charge is 2.28. The van der Waals surface area contributed by atoms with Gasteiger partial charge in [-0.2, -0.15) is 0 Å². The van der Waals surface area contributed by atoms with Gasteiger partial charge >= 0.3 is 5.97 Å². The molecule has 0 bridgehead atoms. The summed E-state index contributed by atoms with van der Waals surface area (Å²) in [6.45, 7) is 15.7. The van der Waals surface area contributed by atoms with Crippen LogP contribution in [0.5, 0.6) is 0 Å². The molecule has 5 heteroatoms. The van der Waals surface area contributed by atoms with E-state index in [0.29, 0.717) is 17.9 Å². The van der Waals surface area contributed by atoms with Gasteiger partial charge in [-0.25, -0.2) is 0 Å². The number of aliphatic hydroxyl groups is 1. The summed E-state index contributed by atoms with van der Waals surface area (Å²) in [4.78, 5) is 26.8. The van der Waals surface area contributed by atoms with E-state index in [1.165, 1.54) is 0 Å². The Balaban J connectivity index is 2.89. The van der Waals surface area contributed by atoms with Crippen LogP contribution < -0.4 is 0 Å². The molecular formula is C23H37NO4. The van der Waals surface area contributed by atoms with Crippen LogP contribution in [0.15, 0.2) is 24.3 Å². The monoisotopic (exact) mass is 391 g/mol. The SMILES string of the molecule is CC(C)C[C@@H](O)c1ccc(C(=O)N(CCC(=O)OC(C)(C)C)C(C)(C)C)cc1. The number of rotatable bonds is 7. The molecule has 0 fully saturated rings. The van der Waals surface area contributed by atoms with Gasteiger partial charge in [0.1, 0.15) is 5.60 Å². The molecule has 0 aliphatic carbocycles. The van der Waals surface area contributed by atoms with Gasteiger partial charge in [0, 0.05) is 17.6 Å². The standard InChI is InChI=1S/C23H37NO4/c1-16(2)15-19(25)17-9-11-18(12-10-17)21(27)24(22(3,4)5)14-13-20(26)28-23(6,7)8/h9-12,16,19,25H,13-15H2,1-8H3/t19-/m1/s1. The number of esters is 1. The van der Waals surface area contributed by atoms with Gasteiger partial charge in [-0.05, 0) is 71.6 Å². The minimum atomic E-state index is -0.541. The quantitative estimate of drug-likeness (QED) is 0.682. The maximum Gasteiger partial charge on any atom is 0.308 e. The summed E-state index contributed by atoms with van der Waals surface area (Å²) in [5.41, 5.74) is 0.371. The molecule has 0 radical (unpaired) electrons. The summed E-state index contributed by atoms with van der Waals surface area (Å²) < 4.78 is 5.36. The number of hydrogen-bond donors (Lipinski definition) is 1. The van der Waals surface area contributed by atoms with Crippen LogP contribution in [-0.2, 0) is 9.53 Å². The van der Waals surface area contributed by atoms with Crippen molar-refractivity contribution in [1.29, 1.82) is 0 Å². The lowest BCUT2D eigenvalue weighted by molar-refractivity contribution is -0.155. The third-order valence-corrected chi connectivity index (χ3v) is 4.25. The van der Waals surface area contributed by atoms with Gasteiger partial charge in [-0.15, -0.1) is 0 Å². The lowest BCUT2D eigenvalue weighted by Gasteiger charge is -2.36. The van der Waals surface area contributed by atoms with Crippen molar-refractivity contribution in [2.24, 2.45) is 5.92 Å². The third-order valence-electron chi connectivity index (χ3n) is 4.25. The smallest absolute Gasteiger partial charge is 0.308 e. The van der Waals surface area contributed by atoms with E-state index < -0.39 is 17.2 Å². The van der Waals surface area contributed by atoms with E-state index in [9.17, 15) is 14.7 Å². The lowest BCUT2D eigenvalue weighted by Crippen LogP contribution is -2.46. The zero-order valence-corrected chi connectivity index (χ0v) is 18.7. The molecule has 0 heterocycles. The molecular weight excluding hydrogens is 354 g/mol. The van der Waals surface area contributed by atoms with Gasteiger partial charge in [0.2, 0.25) is 0 Å². The van der Waals surface area contributed by atoms with E-state index in [-0.39, 0.29) is 24.8 Å². The second-order valence-electron chi connectivity index (χ2n) is 9.73. The van der Waals surface area contributed by atoms with Crippen molar-refractivity contribution in [2.45, 2.75) is 85.5 Å². The topological polar surface area (TPSA) is 66.8 Å². The van der Waals surface area contributed by atoms with Crippen molar-refractivity contribution in [2.75, 3.05) is 6.54 Å². The second-order valence-corrected chi connectivity index (χ2v) is 9.73. The predicted molar refractivity (Wildman–Crippen MR) is 112 cm³/mol. The van der Waals surface area contributed by atoms with E-state index in [1.54, 1.807) is 29.2 Å². The van der Waals surface area contributed by atoms with Crippen LogP contribution in [0.1, 0.15) is 90.3 Å². The summed E-state index contributed by atoms with van der Waals surface area (Å²) in [6.07, 6.45) is 0.290. The molecule has 1 N–H and O–H groups in total. The number of aliphatic hydroxyl groups excluding tert-OH is 1. The molecule has 158 valence electrons. The first kappa shape index (κ1) is 24.2. The third kappa shape index (κ3) is 8.01. The molecule has 0 saturated heterocycles. The Bertz CT molecular complexity index is 651. The maximum absolute atomic E-state index is 13.1. The normalized spacial score (nSPS) is 13.4. The van der Waals surface area contributed by atoms with E-state index in [0.717, 1.165) is 5.56 Å². The van der Waals surface area contributed by atoms with E-state index in [1.807, 2.05) is 41.5 Å². The Morgan fingerprint density at radius 1 is 1.04 bits per heavy atom. The number of carbonyl (C=O) groups excluding carboxylic acids is 2. The van der Waals surface area contributed by atoms with Crippen LogP contribution in [0, 0.1) is 5.92 Å². The predicted octanol–water partition coefficient (Wildman–Crippen LogP) is 4.74. The van der Waals surface area contributed by atoms with Gasteiger partial charge in [-0.3, -0.25) is 9.59 Å². The largest absolute Gasteiger partial charge is 0.460 e. The summed E-state index contributed by atoms with van der Waals surface area (Å²) >= 11 is 0. The first-order chi connectivity index (χ1) is 12.7. The fraction of sp³-hybridized carbons (Fsp3) is 0.652. The fourth-order valence-corrected chi connectivity index (χ4v) is 2.92. The number of carbonyl (C=O) groups is 2. The Morgan fingerprint density at radius 3 is 2.00 bits per heavy atom. The Kier molecular flexibility index (Phi) is 8.24. The minimum absolute atomic E-state index is 0.138. The van der Waals surface area contributed by atoms with Crippen molar-refractivity contribution in [3.05, 3.63) is 35.4 Å². The van der Waals surface area contributed by atoms with E-state index in [2.05, 4.69) is 13.8 Å². The molecule has 0 saturated carbocycles. The molecule has 1 rings (SSSR count). The number of hydrogen-bond acceptors (Lipinski definition) is 4. The second kappa shape index (κ2) is 9.55. The first-order valence-corrected chi connectivity index (χ1v) is 10.0. The molecule has 28 heavy (non-hydrogen) atoms. The highest BCUT2D eigenvalue weighted by Crippen LogP contribution is 2.23. The molecule has 0 aliphatic rings. The van der Waals surface area contributed by atoms with Crippen molar-refractivity contribution in [3.8, 4) is 0 Å². The van der Waals surface area contributed by atoms with Crippen LogP contribution in [0.25, 0.3) is 0 Å². The van der Waals surface area contributed by atoms with Gasteiger partial charge < -0.3 is 14.7 Å². The van der Waals surface area contributed by atoms with Crippen LogP contribution >= 0.6 is 0 Å². The van der Waals surface area contributed by atoms with Gasteiger partial charge in [0.05, 0.1) is 12.5 Å². The highest BCUT2D eigenvalue weighted by atomic mass is 16.6. The Morgan fingerprint density at radius 2 is 1.57 bits per heavy atom. The molecule has 5 nitrogen and oxygen atoms in total. The summed E-state index contributed by atoms with van der Waals surface area (Å²) in [5, 5.41) is 10.3. The van der Waals surface area contributed by atoms with Gasteiger partial charge in [-0.1, -0.05) is 26.0 Å². The van der Waals surface area contributed by atoms with Gasteiger partial charge in [0.15, 0.2) is 0 Å². The maximum atomic E-state index is 13.1. The average Bonchev–Trinajstić information content (AvgIpc) is 2.51. The molecule has 0 aliphatic heterocycles. The van der Waals surface area contributed by atoms with Crippen LogP contribution in [0.2, 0.25) is 0 Å². The van der Waals surface area contributed by atoms with E-state index >= 15 is 0 Å². The van der Waals surface area contributed by atoms with Crippen LogP contribution in [0.4, 0.5) is 0 Å². The highest BCUT2D eigenvalue weighted by molar-refractivity contribution is 5.95. The van der Waals surface area contributed by atoms with Crippen molar-refractivity contribution in [1.82, 2.24) is 4.90 Å². The molecule has 1 aromatic rings. The van der Waals surface area contributed by atoms with Crippen molar-refractivity contribution < 1.29 is 19.4 Å². The molecule has 1 amide bonds. The molecule has 1 aromatic carbocycles. The zero-order chi connectivity index (χ0) is 21.7. The summed E-state index contributed by atoms with van der Waals surface area (Å²) in [5.74, 6) is -0.0665. The minimum Gasteiger partial charge on any atom is -0.460 e. The number of nitrogens with zero attached hydrogens (tertiary/aromatic N) is 1. The number of amides is 1. The Hall–Kier alpha value is -1.88. The zero-order valence-electron chi connectivity index (χ0n) is 18.7. The van der Waals surface area contributed by atoms with Crippen LogP contribution in [-0.4, -0.2) is 39.6 Å². The Labute approximate surface area is 170 Å². The number of benzene rings is 1. The lowest BCUT2D eigenvalue weighted by atomic mass is 9.98. The summed E-state index contributed by atoms with van der Waals surface area (Å²) in [6, 6.07) is 7.09. The fourth-order valence-electron chi connectivity index (χ4n) is 2.92. The average molecular weight is 392 g/mol. The summed E-state index contributed by atoms with van der Waals surface area (Å²) in [7, 11) is 0. The van der Waals surface area contributed by atoms with Crippen molar-refractivity contribution in [3.63, 3.8) is 0 Å². The molecule has 1 atom stereocenters. The van der Waals surface area contributed by atoms with Crippen molar-refractivity contribution >= 4 is 11.9 Å². The van der Waals surface area contributed by atoms with Gasteiger partial charge in [0.25, 0.3) is 5.91 Å². The molecule has 0 spiro atoms.